The Bertz CT molecular complexity index is 1040. The van der Waals surface area contributed by atoms with Crippen molar-refractivity contribution in [1.82, 2.24) is 25.1 Å². The lowest BCUT2D eigenvalue weighted by Crippen LogP contribution is -2.25. The second kappa shape index (κ2) is 8.68. The summed E-state index contributed by atoms with van der Waals surface area (Å²) in [6.45, 7) is 1.65. The van der Waals surface area contributed by atoms with E-state index in [0.717, 1.165) is 5.75 Å². The number of sulfone groups is 1. The van der Waals surface area contributed by atoms with Crippen LogP contribution in [0, 0.1) is 0 Å². The number of ether oxygens (including phenoxy) is 1. The van der Waals surface area contributed by atoms with Crippen molar-refractivity contribution in [2.45, 2.75) is 11.4 Å². The fourth-order valence-corrected chi connectivity index (χ4v) is 3.35. The van der Waals surface area contributed by atoms with Crippen LogP contribution in [0.15, 0.2) is 53.4 Å². The van der Waals surface area contributed by atoms with Gasteiger partial charge in [-0.05, 0) is 59.9 Å². The van der Waals surface area contributed by atoms with Crippen LogP contribution in [0.4, 0.5) is 0 Å². The number of rotatable bonds is 8. The summed E-state index contributed by atoms with van der Waals surface area (Å²) in [5, 5.41) is 12.4. The molecule has 0 aliphatic rings. The molecule has 0 atom stereocenters. The van der Waals surface area contributed by atoms with E-state index in [2.05, 4.69) is 15.5 Å². The molecule has 0 bridgehead atoms. The molecule has 0 N–H and O–H groups in total. The number of hydrogen-bond donors (Lipinski definition) is 0. The van der Waals surface area contributed by atoms with Crippen molar-refractivity contribution < 1.29 is 13.2 Å². The Morgan fingerprint density at radius 1 is 1.18 bits per heavy atom. The van der Waals surface area contributed by atoms with Crippen LogP contribution in [-0.4, -0.2) is 60.0 Å². The lowest BCUT2D eigenvalue weighted by atomic mass is 10.3. The Kier molecular flexibility index (Phi) is 6.28. The summed E-state index contributed by atoms with van der Waals surface area (Å²) in [5.74, 6) is 1.36. The normalized spacial score (nSPS) is 11.7. The van der Waals surface area contributed by atoms with Gasteiger partial charge in [0, 0.05) is 17.8 Å². The maximum atomic E-state index is 11.6. The predicted octanol–water partition coefficient (Wildman–Crippen LogP) is 2.23. The van der Waals surface area contributed by atoms with E-state index in [9.17, 15) is 8.42 Å². The molecule has 0 aliphatic carbocycles. The quantitative estimate of drug-likeness (QED) is 0.550. The number of benzene rings is 2. The van der Waals surface area contributed by atoms with E-state index in [1.165, 1.54) is 6.26 Å². The molecule has 3 aromatic rings. The third-order valence-corrected chi connectivity index (χ3v) is 5.36. The molecule has 3 rings (SSSR count). The first kappa shape index (κ1) is 20.2. The van der Waals surface area contributed by atoms with Crippen molar-refractivity contribution in [3.63, 3.8) is 0 Å². The largest absolute Gasteiger partial charge is 0.492 e. The van der Waals surface area contributed by atoms with E-state index in [-0.39, 0.29) is 4.90 Å². The minimum absolute atomic E-state index is 0.251. The number of nitrogens with zero attached hydrogens (tertiary/aromatic N) is 5. The second-order valence-electron chi connectivity index (χ2n) is 6.32. The zero-order valence-electron chi connectivity index (χ0n) is 15.5. The lowest BCUT2D eigenvalue weighted by molar-refractivity contribution is 0.228. The van der Waals surface area contributed by atoms with Crippen LogP contribution in [0.25, 0.3) is 5.69 Å². The maximum absolute atomic E-state index is 11.6. The van der Waals surface area contributed by atoms with E-state index in [1.54, 1.807) is 41.1 Å². The van der Waals surface area contributed by atoms with Gasteiger partial charge in [-0.2, -0.15) is 4.68 Å². The molecule has 2 aromatic carbocycles. The number of halogens is 1. The van der Waals surface area contributed by atoms with Gasteiger partial charge in [-0.3, -0.25) is 4.90 Å². The highest BCUT2D eigenvalue weighted by Crippen LogP contribution is 2.17. The number of tetrazole rings is 1. The Morgan fingerprint density at radius 3 is 2.61 bits per heavy atom. The van der Waals surface area contributed by atoms with Gasteiger partial charge in [-0.15, -0.1) is 5.10 Å². The van der Waals surface area contributed by atoms with Gasteiger partial charge in [0.15, 0.2) is 15.7 Å². The third-order valence-electron chi connectivity index (χ3n) is 3.99. The van der Waals surface area contributed by atoms with Gasteiger partial charge < -0.3 is 4.74 Å². The van der Waals surface area contributed by atoms with Crippen LogP contribution in [0.2, 0.25) is 5.02 Å². The molecule has 8 nitrogen and oxygen atoms in total. The van der Waals surface area contributed by atoms with Crippen molar-refractivity contribution in [2.24, 2.45) is 0 Å². The van der Waals surface area contributed by atoms with Crippen LogP contribution in [-0.2, 0) is 16.4 Å². The first-order chi connectivity index (χ1) is 13.3. The summed E-state index contributed by atoms with van der Waals surface area (Å²) in [5.41, 5.74) is 0.691. The predicted molar refractivity (Wildman–Crippen MR) is 106 cm³/mol. The van der Waals surface area contributed by atoms with Gasteiger partial charge >= 0.3 is 0 Å². The second-order valence-corrected chi connectivity index (χ2v) is 8.77. The molecule has 0 aliphatic heterocycles. The third kappa shape index (κ3) is 5.28. The molecule has 0 saturated heterocycles. The minimum Gasteiger partial charge on any atom is -0.492 e. The standard InChI is InChI=1S/C18H20ClN5O3S/c1-23(10-11-27-16-5-3-4-14(19)12-16)13-18-20-21-22-24(18)15-6-8-17(9-7-15)28(2,25)26/h3-9,12H,10-11,13H2,1-2H3. The van der Waals surface area contributed by atoms with Gasteiger partial charge in [0.25, 0.3) is 0 Å². The SMILES string of the molecule is CN(CCOc1cccc(Cl)c1)Cc1nnnn1-c1ccc(S(C)(=O)=O)cc1. The Hall–Kier alpha value is -2.49. The molecule has 0 unspecified atom stereocenters. The van der Waals surface area contributed by atoms with Crippen molar-refractivity contribution >= 4 is 21.4 Å². The number of hydrogen-bond acceptors (Lipinski definition) is 7. The molecular formula is C18H20ClN5O3S. The Balaban J connectivity index is 1.60. The molecule has 0 saturated carbocycles. The van der Waals surface area contributed by atoms with Gasteiger partial charge in [-0.1, -0.05) is 17.7 Å². The van der Waals surface area contributed by atoms with E-state index < -0.39 is 9.84 Å². The topological polar surface area (TPSA) is 90.2 Å². The molecule has 0 spiro atoms. The average molecular weight is 422 g/mol. The van der Waals surface area contributed by atoms with Crippen molar-refractivity contribution in [3.05, 3.63) is 59.4 Å². The van der Waals surface area contributed by atoms with Crippen molar-refractivity contribution in [2.75, 3.05) is 26.5 Å². The highest BCUT2D eigenvalue weighted by molar-refractivity contribution is 7.90. The van der Waals surface area contributed by atoms with Crippen LogP contribution < -0.4 is 4.74 Å². The molecule has 1 aromatic heterocycles. The molecule has 0 fully saturated rings. The van der Waals surface area contributed by atoms with Crippen molar-refractivity contribution in [1.29, 1.82) is 0 Å². The molecule has 28 heavy (non-hydrogen) atoms. The molecule has 1 heterocycles. The Labute approximate surface area is 168 Å². The van der Waals surface area contributed by atoms with Crippen LogP contribution in [0.5, 0.6) is 5.75 Å². The van der Waals surface area contributed by atoms with Crippen molar-refractivity contribution in [3.8, 4) is 11.4 Å². The Morgan fingerprint density at radius 2 is 1.93 bits per heavy atom. The summed E-state index contributed by atoms with van der Waals surface area (Å²) >= 11 is 5.94. The fourth-order valence-electron chi connectivity index (χ4n) is 2.54. The smallest absolute Gasteiger partial charge is 0.175 e. The maximum Gasteiger partial charge on any atom is 0.175 e. The van der Waals surface area contributed by atoms with E-state index in [1.807, 2.05) is 24.1 Å². The van der Waals surface area contributed by atoms with Gasteiger partial charge in [0.2, 0.25) is 0 Å². The van der Waals surface area contributed by atoms with Crippen LogP contribution >= 0.6 is 11.6 Å². The zero-order valence-corrected chi connectivity index (χ0v) is 17.1. The first-order valence-electron chi connectivity index (χ1n) is 8.47. The molecule has 148 valence electrons. The number of aromatic nitrogens is 4. The monoisotopic (exact) mass is 421 g/mol. The zero-order chi connectivity index (χ0) is 20.1. The summed E-state index contributed by atoms with van der Waals surface area (Å²) in [6.07, 6.45) is 1.17. The van der Waals surface area contributed by atoms with Gasteiger partial charge in [0.1, 0.15) is 12.4 Å². The highest BCUT2D eigenvalue weighted by atomic mass is 35.5. The van der Waals surface area contributed by atoms with E-state index in [4.69, 9.17) is 16.3 Å². The van der Waals surface area contributed by atoms with Crippen LogP contribution in [0.1, 0.15) is 5.82 Å². The highest BCUT2D eigenvalue weighted by Gasteiger charge is 2.13. The average Bonchev–Trinajstić information content (AvgIpc) is 3.09. The molecule has 0 amide bonds. The molecular weight excluding hydrogens is 402 g/mol. The summed E-state index contributed by atoms with van der Waals surface area (Å²) in [7, 11) is -1.31. The van der Waals surface area contributed by atoms with Crippen LogP contribution in [0.3, 0.4) is 0 Å². The molecule has 0 radical (unpaired) electrons. The lowest BCUT2D eigenvalue weighted by Gasteiger charge is -2.16. The summed E-state index contributed by atoms with van der Waals surface area (Å²) in [6, 6.07) is 13.7. The minimum atomic E-state index is -3.24. The number of likely N-dealkylation sites (N-methyl/N-ethyl adjacent to an activating group) is 1. The fraction of sp³-hybridized carbons (Fsp3) is 0.278. The summed E-state index contributed by atoms with van der Waals surface area (Å²) < 4.78 is 30.5. The van der Waals surface area contributed by atoms with Gasteiger partial charge in [0.05, 0.1) is 17.1 Å². The van der Waals surface area contributed by atoms with E-state index >= 15 is 0 Å². The van der Waals surface area contributed by atoms with Gasteiger partial charge in [-0.25, -0.2) is 8.42 Å². The van der Waals surface area contributed by atoms with E-state index in [0.29, 0.717) is 36.2 Å². The summed E-state index contributed by atoms with van der Waals surface area (Å²) in [4.78, 5) is 2.28. The first-order valence-corrected chi connectivity index (χ1v) is 10.7. The molecule has 10 heteroatoms.